The lowest BCUT2D eigenvalue weighted by molar-refractivity contribution is -0.127. The summed E-state index contributed by atoms with van der Waals surface area (Å²) in [5.41, 5.74) is 0.981. The molecule has 1 atom stereocenters. The van der Waals surface area contributed by atoms with Gasteiger partial charge in [0.1, 0.15) is 0 Å². The Balaban J connectivity index is 0.00000392. The van der Waals surface area contributed by atoms with Crippen molar-refractivity contribution in [2.24, 2.45) is 10.9 Å². The average molecular weight is 502 g/mol. The second-order valence-electron chi connectivity index (χ2n) is 7.69. The molecule has 1 unspecified atom stereocenters. The number of aliphatic imine (C=N–C) groups is 1. The minimum Gasteiger partial charge on any atom is -0.377 e. The molecule has 1 amide bonds. The standard InChI is InChI=1S/C21H34N4O2.HI/c1-5-22-20(24-16-21(2,3)27-4)23-14-18-13-19(26)25(15-18)12-11-17-9-7-6-8-10-17;/h6-10,18H,5,11-16H2,1-4H3,(H2,22,23,24);1H. The maximum Gasteiger partial charge on any atom is 0.223 e. The van der Waals surface area contributed by atoms with Gasteiger partial charge in [-0.05, 0) is 32.8 Å². The molecule has 1 aromatic rings. The van der Waals surface area contributed by atoms with Crippen LogP contribution in [0.4, 0.5) is 0 Å². The third-order valence-electron chi connectivity index (χ3n) is 4.88. The van der Waals surface area contributed by atoms with E-state index in [4.69, 9.17) is 4.74 Å². The van der Waals surface area contributed by atoms with Gasteiger partial charge in [-0.3, -0.25) is 9.79 Å². The first kappa shape index (κ1) is 24.7. The summed E-state index contributed by atoms with van der Waals surface area (Å²) in [6.07, 6.45) is 1.51. The van der Waals surface area contributed by atoms with Gasteiger partial charge in [0.25, 0.3) is 0 Å². The monoisotopic (exact) mass is 502 g/mol. The number of nitrogens with zero attached hydrogens (tertiary/aromatic N) is 2. The predicted octanol–water partition coefficient (Wildman–Crippen LogP) is 2.68. The van der Waals surface area contributed by atoms with Crippen molar-refractivity contribution in [1.29, 1.82) is 0 Å². The lowest BCUT2D eigenvalue weighted by atomic mass is 10.1. The third-order valence-corrected chi connectivity index (χ3v) is 4.88. The van der Waals surface area contributed by atoms with Gasteiger partial charge in [0.05, 0.1) is 12.1 Å². The molecular weight excluding hydrogens is 467 g/mol. The zero-order valence-corrected chi connectivity index (χ0v) is 19.9. The molecule has 0 aromatic heterocycles. The quantitative estimate of drug-likeness (QED) is 0.310. The smallest absolute Gasteiger partial charge is 0.223 e. The number of likely N-dealkylation sites (tertiary alicyclic amines) is 1. The summed E-state index contributed by atoms with van der Waals surface area (Å²) >= 11 is 0. The van der Waals surface area contributed by atoms with Gasteiger partial charge in [-0.15, -0.1) is 24.0 Å². The van der Waals surface area contributed by atoms with Crippen LogP contribution in [0.2, 0.25) is 0 Å². The summed E-state index contributed by atoms with van der Waals surface area (Å²) < 4.78 is 5.42. The van der Waals surface area contributed by atoms with Crippen molar-refractivity contribution in [3.8, 4) is 0 Å². The molecule has 0 spiro atoms. The Kier molecular flexibility index (Phi) is 10.8. The molecule has 1 heterocycles. The molecule has 1 aliphatic heterocycles. The molecule has 0 aliphatic carbocycles. The number of hydrogen-bond donors (Lipinski definition) is 2. The van der Waals surface area contributed by atoms with Crippen molar-refractivity contribution in [2.45, 2.75) is 39.2 Å². The number of halogens is 1. The van der Waals surface area contributed by atoms with Crippen molar-refractivity contribution in [1.82, 2.24) is 15.5 Å². The van der Waals surface area contributed by atoms with Crippen molar-refractivity contribution in [3.05, 3.63) is 35.9 Å². The van der Waals surface area contributed by atoms with Crippen LogP contribution in [-0.2, 0) is 16.0 Å². The largest absolute Gasteiger partial charge is 0.377 e. The summed E-state index contributed by atoms with van der Waals surface area (Å²) in [5.74, 6) is 1.34. The normalized spacial score (nSPS) is 17.4. The van der Waals surface area contributed by atoms with Gasteiger partial charge < -0.3 is 20.3 Å². The fourth-order valence-corrected chi connectivity index (χ4v) is 3.03. The lowest BCUT2D eigenvalue weighted by Gasteiger charge is -2.22. The zero-order chi connectivity index (χ0) is 19.7. The molecule has 0 radical (unpaired) electrons. The highest BCUT2D eigenvalue weighted by molar-refractivity contribution is 14.0. The van der Waals surface area contributed by atoms with Gasteiger partial charge >= 0.3 is 0 Å². The maximum absolute atomic E-state index is 12.3. The van der Waals surface area contributed by atoms with Crippen LogP contribution in [0, 0.1) is 5.92 Å². The summed E-state index contributed by atoms with van der Waals surface area (Å²) in [6, 6.07) is 10.3. The molecule has 1 aromatic carbocycles. The van der Waals surface area contributed by atoms with Crippen molar-refractivity contribution in [2.75, 3.05) is 39.8 Å². The number of rotatable bonds is 9. The van der Waals surface area contributed by atoms with E-state index in [0.29, 0.717) is 18.9 Å². The van der Waals surface area contributed by atoms with Gasteiger partial charge in [-0.25, -0.2) is 0 Å². The van der Waals surface area contributed by atoms with Crippen molar-refractivity contribution < 1.29 is 9.53 Å². The number of ether oxygens (including phenoxy) is 1. The SMILES string of the molecule is CCNC(=NCC(C)(C)OC)NCC1CC(=O)N(CCc2ccccc2)C1.I. The van der Waals surface area contributed by atoms with Crippen LogP contribution in [0.15, 0.2) is 35.3 Å². The highest BCUT2D eigenvalue weighted by atomic mass is 127. The first-order chi connectivity index (χ1) is 12.9. The topological polar surface area (TPSA) is 66.0 Å². The number of amides is 1. The van der Waals surface area contributed by atoms with Crippen LogP contribution in [0.1, 0.15) is 32.8 Å². The van der Waals surface area contributed by atoms with Gasteiger partial charge in [0.15, 0.2) is 5.96 Å². The first-order valence-electron chi connectivity index (χ1n) is 9.82. The Labute approximate surface area is 186 Å². The Morgan fingerprint density at radius 2 is 2.00 bits per heavy atom. The maximum atomic E-state index is 12.3. The molecule has 1 fully saturated rings. The second-order valence-corrected chi connectivity index (χ2v) is 7.69. The summed E-state index contributed by atoms with van der Waals surface area (Å²) in [5, 5.41) is 6.64. The van der Waals surface area contributed by atoms with E-state index in [1.807, 2.05) is 43.9 Å². The van der Waals surface area contributed by atoms with E-state index in [9.17, 15) is 4.79 Å². The van der Waals surface area contributed by atoms with Crippen molar-refractivity contribution in [3.63, 3.8) is 0 Å². The minimum absolute atomic E-state index is 0. The molecule has 2 rings (SSSR count). The van der Waals surface area contributed by atoms with Gasteiger partial charge in [0, 0.05) is 45.6 Å². The van der Waals surface area contributed by atoms with Crippen LogP contribution in [-0.4, -0.2) is 62.2 Å². The molecular formula is C21H35IN4O2. The van der Waals surface area contributed by atoms with E-state index >= 15 is 0 Å². The molecule has 0 saturated carbocycles. The van der Waals surface area contributed by atoms with Crippen LogP contribution in [0.25, 0.3) is 0 Å². The molecule has 2 N–H and O–H groups in total. The van der Waals surface area contributed by atoms with E-state index in [2.05, 4.69) is 27.8 Å². The van der Waals surface area contributed by atoms with E-state index in [0.717, 1.165) is 38.6 Å². The Morgan fingerprint density at radius 1 is 1.29 bits per heavy atom. The Morgan fingerprint density at radius 3 is 2.64 bits per heavy atom. The number of guanidine groups is 1. The molecule has 7 heteroatoms. The number of nitrogens with one attached hydrogen (secondary N) is 2. The molecule has 158 valence electrons. The molecule has 28 heavy (non-hydrogen) atoms. The lowest BCUT2D eigenvalue weighted by Crippen LogP contribution is -2.41. The molecule has 1 aliphatic rings. The fraction of sp³-hybridized carbons (Fsp3) is 0.619. The van der Waals surface area contributed by atoms with E-state index in [1.165, 1.54) is 5.56 Å². The predicted molar refractivity (Wildman–Crippen MR) is 125 cm³/mol. The third kappa shape index (κ3) is 8.34. The summed E-state index contributed by atoms with van der Waals surface area (Å²) in [6.45, 7) is 9.78. The van der Waals surface area contributed by atoms with Gasteiger partial charge in [-0.1, -0.05) is 30.3 Å². The van der Waals surface area contributed by atoms with Crippen LogP contribution in [0.5, 0.6) is 0 Å². The van der Waals surface area contributed by atoms with E-state index in [1.54, 1.807) is 7.11 Å². The number of carbonyl (C=O) groups is 1. The highest BCUT2D eigenvalue weighted by Gasteiger charge is 2.29. The highest BCUT2D eigenvalue weighted by Crippen LogP contribution is 2.17. The Bertz CT molecular complexity index is 622. The Hall–Kier alpha value is -1.35. The molecule has 0 bridgehead atoms. The fourth-order valence-electron chi connectivity index (χ4n) is 3.03. The van der Waals surface area contributed by atoms with E-state index < -0.39 is 0 Å². The van der Waals surface area contributed by atoms with E-state index in [-0.39, 0.29) is 35.5 Å². The number of carbonyl (C=O) groups excluding carboxylic acids is 1. The van der Waals surface area contributed by atoms with Crippen molar-refractivity contribution >= 4 is 35.8 Å². The van der Waals surface area contributed by atoms with Crippen LogP contribution >= 0.6 is 24.0 Å². The molecule has 1 saturated heterocycles. The first-order valence-corrected chi connectivity index (χ1v) is 9.82. The second kappa shape index (κ2) is 12.3. The summed E-state index contributed by atoms with van der Waals surface area (Å²) in [4.78, 5) is 18.9. The zero-order valence-electron chi connectivity index (χ0n) is 17.5. The van der Waals surface area contributed by atoms with Gasteiger partial charge in [-0.2, -0.15) is 0 Å². The van der Waals surface area contributed by atoms with Crippen LogP contribution in [0.3, 0.4) is 0 Å². The number of hydrogen-bond acceptors (Lipinski definition) is 3. The summed E-state index contributed by atoms with van der Waals surface area (Å²) in [7, 11) is 1.70. The van der Waals surface area contributed by atoms with Crippen LogP contribution < -0.4 is 10.6 Å². The minimum atomic E-state index is -0.292. The average Bonchev–Trinajstić information content (AvgIpc) is 3.03. The number of methoxy groups -OCH3 is 1. The molecule has 6 nitrogen and oxygen atoms in total. The number of benzene rings is 1. The van der Waals surface area contributed by atoms with Gasteiger partial charge in [0.2, 0.25) is 5.91 Å².